The number of nitrogens with zero attached hydrogens (tertiary/aromatic N) is 3. The van der Waals surface area contributed by atoms with Crippen LogP contribution in [0, 0.1) is 6.92 Å². The summed E-state index contributed by atoms with van der Waals surface area (Å²) in [4.78, 5) is 4.14. The molecule has 0 bridgehead atoms. The van der Waals surface area contributed by atoms with Gasteiger partial charge < -0.3 is 0 Å². The molecular formula is C13H16N4O2S. The average molecular weight is 292 g/mol. The minimum atomic E-state index is -3.51. The molecule has 1 atom stereocenters. The molecule has 3 heterocycles. The first kappa shape index (κ1) is 13.3. The SMILES string of the molecule is Cc1cn[nH]c1C1CCCN1S(=O)(=O)c1cccnc1. The van der Waals surface area contributed by atoms with E-state index in [0.29, 0.717) is 6.54 Å². The van der Waals surface area contributed by atoms with E-state index in [4.69, 9.17) is 0 Å². The standard InChI is InChI=1S/C13H16N4O2S/c1-10-8-15-16-13(10)12-5-3-7-17(12)20(18,19)11-4-2-6-14-9-11/h2,4,6,8-9,12H,3,5,7H2,1H3,(H,15,16). The zero-order valence-corrected chi connectivity index (χ0v) is 12.0. The summed E-state index contributed by atoms with van der Waals surface area (Å²) in [6.45, 7) is 2.46. The predicted octanol–water partition coefficient (Wildman–Crippen LogP) is 1.64. The maximum Gasteiger partial charge on any atom is 0.245 e. The Morgan fingerprint density at radius 1 is 1.40 bits per heavy atom. The highest BCUT2D eigenvalue weighted by molar-refractivity contribution is 7.89. The third-order valence-electron chi connectivity index (χ3n) is 3.65. The molecule has 0 aromatic carbocycles. The largest absolute Gasteiger partial charge is 0.281 e. The molecule has 106 valence electrons. The average Bonchev–Trinajstić information content (AvgIpc) is 3.08. The topological polar surface area (TPSA) is 79.0 Å². The van der Waals surface area contributed by atoms with E-state index in [1.807, 2.05) is 6.92 Å². The Morgan fingerprint density at radius 3 is 2.90 bits per heavy atom. The Morgan fingerprint density at radius 2 is 2.25 bits per heavy atom. The molecule has 1 unspecified atom stereocenters. The fourth-order valence-corrected chi connectivity index (χ4v) is 4.28. The van der Waals surface area contributed by atoms with Gasteiger partial charge in [0.25, 0.3) is 0 Å². The lowest BCUT2D eigenvalue weighted by Crippen LogP contribution is -2.31. The number of aryl methyl sites for hydroxylation is 1. The summed E-state index contributed by atoms with van der Waals surface area (Å²) < 4.78 is 27.0. The Labute approximate surface area is 117 Å². The first-order valence-corrected chi connectivity index (χ1v) is 7.96. The lowest BCUT2D eigenvalue weighted by Gasteiger charge is -2.23. The van der Waals surface area contributed by atoms with Crippen LogP contribution in [-0.4, -0.2) is 34.4 Å². The number of rotatable bonds is 3. The number of pyridine rings is 1. The van der Waals surface area contributed by atoms with Crippen LogP contribution in [0.5, 0.6) is 0 Å². The van der Waals surface area contributed by atoms with Crippen molar-refractivity contribution in [2.75, 3.05) is 6.54 Å². The van der Waals surface area contributed by atoms with Crippen LogP contribution in [0.15, 0.2) is 35.6 Å². The van der Waals surface area contributed by atoms with E-state index in [0.717, 1.165) is 24.1 Å². The Hall–Kier alpha value is -1.73. The van der Waals surface area contributed by atoms with Gasteiger partial charge in [-0.25, -0.2) is 8.42 Å². The first-order valence-electron chi connectivity index (χ1n) is 6.52. The summed E-state index contributed by atoms with van der Waals surface area (Å²) in [5, 5.41) is 6.93. The molecule has 1 aliphatic heterocycles. The van der Waals surface area contributed by atoms with Crippen LogP contribution in [0.1, 0.15) is 30.1 Å². The van der Waals surface area contributed by atoms with E-state index < -0.39 is 10.0 Å². The number of nitrogens with one attached hydrogen (secondary N) is 1. The van der Waals surface area contributed by atoms with Crippen LogP contribution in [0.4, 0.5) is 0 Å². The summed E-state index contributed by atoms with van der Waals surface area (Å²) in [6.07, 6.45) is 6.34. The molecule has 6 nitrogen and oxygen atoms in total. The van der Waals surface area contributed by atoms with Crippen LogP contribution in [0.2, 0.25) is 0 Å². The minimum Gasteiger partial charge on any atom is -0.281 e. The van der Waals surface area contributed by atoms with E-state index in [9.17, 15) is 8.42 Å². The fourth-order valence-electron chi connectivity index (χ4n) is 2.65. The van der Waals surface area contributed by atoms with Gasteiger partial charge in [0.1, 0.15) is 4.90 Å². The van der Waals surface area contributed by atoms with Crippen molar-refractivity contribution in [3.05, 3.63) is 42.0 Å². The molecule has 0 aliphatic carbocycles. The summed E-state index contributed by atoms with van der Waals surface area (Å²) in [5.41, 5.74) is 1.87. The molecular weight excluding hydrogens is 276 g/mol. The van der Waals surface area contributed by atoms with E-state index in [1.165, 1.54) is 6.20 Å². The van der Waals surface area contributed by atoms with Gasteiger partial charge >= 0.3 is 0 Å². The van der Waals surface area contributed by atoms with Crippen LogP contribution in [0.3, 0.4) is 0 Å². The molecule has 0 saturated carbocycles. The van der Waals surface area contributed by atoms with Gasteiger partial charge in [0, 0.05) is 18.9 Å². The molecule has 2 aromatic rings. The van der Waals surface area contributed by atoms with Gasteiger partial charge in [0.05, 0.1) is 17.9 Å². The molecule has 1 fully saturated rings. The molecule has 2 aromatic heterocycles. The van der Waals surface area contributed by atoms with Crippen molar-refractivity contribution in [2.45, 2.75) is 30.7 Å². The quantitative estimate of drug-likeness (QED) is 0.932. The van der Waals surface area contributed by atoms with E-state index >= 15 is 0 Å². The van der Waals surface area contributed by atoms with Gasteiger partial charge in [-0.3, -0.25) is 10.1 Å². The highest BCUT2D eigenvalue weighted by atomic mass is 32.2. The van der Waals surface area contributed by atoms with Crippen molar-refractivity contribution in [2.24, 2.45) is 0 Å². The monoisotopic (exact) mass is 292 g/mol. The van der Waals surface area contributed by atoms with Gasteiger partial charge in [-0.2, -0.15) is 9.40 Å². The predicted molar refractivity (Wildman–Crippen MR) is 73.4 cm³/mol. The summed E-state index contributed by atoms with van der Waals surface area (Å²) in [7, 11) is -3.51. The van der Waals surface area contributed by atoms with Crippen LogP contribution < -0.4 is 0 Å². The third-order valence-corrected chi connectivity index (χ3v) is 5.54. The summed E-state index contributed by atoms with van der Waals surface area (Å²) >= 11 is 0. The highest BCUT2D eigenvalue weighted by Crippen LogP contribution is 2.36. The molecule has 0 amide bonds. The second kappa shape index (κ2) is 4.99. The summed E-state index contributed by atoms with van der Waals surface area (Å²) in [5.74, 6) is 0. The Kier molecular flexibility index (Phi) is 3.31. The van der Waals surface area contributed by atoms with E-state index in [1.54, 1.807) is 28.8 Å². The zero-order valence-electron chi connectivity index (χ0n) is 11.2. The van der Waals surface area contributed by atoms with E-state index in [-0.39, 0.29) is 10.9 Å². The number of sulfonamides is 1. The second-order valence-electron chi connectivity index (χ2n) is 4.93. The molecule has 1 saturated heterocycles. The minimum absolute atomic E-state index is 0.164. The second-order valence-corrected chi connectivity index (χ2v) is 6.82. The molecule has 20 heavy (non-hydrogen) atoms. The van der Waals surface area contributed by atoms with Gasteiger partial charge in [0.15, 0.2) is 0 Å². The highest BCUT2D eigenvalue weighted by Gasteiger charge is 2.37. The third kappa shape index (κ3) is 2.12. The Balaban J connectivity index is 1.99. The van der Waals surface area contributed by atoms with Gasteiger partial charge in [-0.1, -0.05) is 0 Å². The molecule has 0 radical (unpaired) electrons. The lowest BCUT2D eigenvalue weighted by molar-refractivity contribution is 0.389. The first-order chi connectivity index (χ1) is 9.60. The lowest BCUT2D eigenvalue weighted by atomic mass is 10.1. The van der Waals surface area contributed by atoms with Crippen LogP contribution in [0.25, 0.3) is 0 Å². The van der Waals surface area contributed by atoms with Crippen molar-refractivity contribution < 1.29 is 8.42 Å². The normalized spacial score (nSPS) is 20.4. The van der Waals surface area contributed by atoms with Crippen LogP contribution in [-0.2, 0) is 10.0 Å². The van der Waals surface area contributed by atoms with Crippen LogP contribution >= 0.6 is 0 Å². The van der Waals surface area contributed by atoms with Crippen molar-refractivity contribution >= 4 is 10.0 Å². The number of hydrogen-bond donors (Lipinski definition) is 1. The maximum absolute atomic E-state index is 12.7. The van der Waals surface area contributed by atoms with Crippen molar-refractivity contribution in [3.63, 3.8) is 0 Å². The number of hydrogen-bond acceptors (Lipinski definition) is 4. The number of H-pyrrole nitrogens is 1. The molecule has 0 spiro atoms. The van der Waals surface area contributed by atoms with E-state index in [2.05, 4.69) is 15.2 Å². The number of aromatic nitrogens is 3. The smallest absolute Gasteiger partial charge is 0.245 e. The van der Waals surface area contributed by atoms with Crippen molar-refractivity contribution in [1.82, 2.24) is 19.5 Å². The van der Waals surface area contributed by atoms with Gasteiger partial charge in [-0.15, -0.1) is 0 Å². The molecule has 1 aliphatic rings. The van der Waals surface area contributed by atoms with Gasteiger partial charge in [0.2, 0.25) is 10.0 Å². The zero-order chi connectivity index (χ0) is 14.2. The van der Waals surface area contributed by atoms with Crippen molar-refractivity contribution in [1.29, 1.82) is 0 Å². The Bertz CT molecular complexity index is 696. The maximum atomic E-state index is 12.7. The molecule has 3 rings (SSSR count). The van der Waals surface area contributed by atoms with Gasteiger partial charge in [-0.05, 0) is 37.5 Å². The van der Waals surface area contributed by atoms with Crippen molar-refractivity contribution in [3.8, 4) is 0 Å². The number of aromatic amines is 1. The molecule has 1 N–H and O–H groups in total. The molecule has 7 heteroatoms. The fraction of sp³-hybridized carbons (Fsp3) is 0.385. The summed E-state index contributed by atoms with van der Waals surface area (Å²) in [6, 6.07) is 3.06.